The SMILES string of the molecule is Cc1cc(C)c(S(=O)C2C(=O)CC[C@H]2C(C)(C)O)c(C)c1. The molecule has 1 aromatic rings. The van der Waals surface area contributed by atoms with Gasteiger partial charge in [0.1, 0.15) is 11.0 Å². The van der Waals surface area contributed by atoms with Gasteiger partial charge in [-0.05, 0) is 52.2 Å². The molecule has 1 fully saturated rings. The van der Waals surface area contributed by atoms with Crippen LogP contribution in [0.2, 0.25) is 0 Å². The molecule has 2 rings (SSSR count). The Morgan fingerprint density at radius 3 is 2.19 bits per heavy atom. The number of carbonyl (C=O) groups excluding carboxylic acids is 1. The Kier molecular flexibility index (Phi) is 4.41. The van der Waals surface area contributed by atoms with Crippen LogP contribution < -0.4 is 0 Å². The van der Waals surface area contributed by atoms with Crippen molar-refractivity contribution in [1.29, 1.82) is 0 Å². The molecule has 4 heteroatoms. The fraction of sp³-hybridized carbons (Fsp3) is 0.588. The Morgan fingerprint density at radius 1 is 1.19 bits per heavy atom. The van der Waals surface area contributed by atoms with E-state index in [0.29, 0.717) is 12.8 Å². The molecule has 0 bridgehead atoms. The lowest BCUT2D eigenvalue weighted by atomic mass is 9.89. The highest BCUT2D eigenvalue weighted by atomic mass is 32.2. The van der Waals surface area contributed by atoms with Crippen LogP contribution in [-0.4, -0.2) is 25.9 Å². The van der Waals surface area contributed by atoms with Gasteiger partial charge < -0.3 is 5.11 Å². The topological polar surface area (TPSA) is 54.4 Å². The third kappa shape index (κ3) is 3.11. The van der Waals surface area contributed by atoms with Gasteiger partial charge in [-0.25, -0.2) is 0 Å². The predicted octanol–water partition coefficient (Wildman–Crippen LogP) is 2.84. The molecule has 1 saturated carbocycles. The van der Waals surface area contributed by atoms with Crippen LogP contribution >= 0.6 is 0 Å². The number of hydrogen-bond acceptors (Lipinski definition) is 3. The molecule has 0 aliphatic heterocycles. The van der Waals surface area contributed by atoms with Crippen LogP contribution in [0.1, 0.15) is 43.4 Å². The molecule has 116 valence electrons. The molecule has 0 saturated heterocycles. The zero-order valence-electron chi connectivity index (χ0n) is 13.4. The molecule has 0 aromatic heterocycles. The van der Waals surface area contributed by atoms with E-state index in [0.717, 1.165) is 21.6 Å². The normalized spacial score (nSPS) is 24.4. The number of hydrogen-bond donors (Lipinski definition) is 1. The van der Waals surface area contributed by atoms with Gasteiger partial charge in [0.05, 0.1) is 16.4 Å². The lowest BCUT2D eigenvalue weighted by Gasteiger charge is -2.30. The van der Waals surface area contributed by atoms with Gasteiger partial charge in [0, 0.05) is 17.2 Å². The summed E-state index contributed by atoms with van der Waals surface area (Å²) in [6.45, 7) is 9.29. The summed E-state index contributed by atoms with van der Waals surface area (Å²) in [7, 11) is -1.41. The van der Waals surface area contributed by atoms with Gasteiger partial charge in [0.25, 0.3) is 0 Å². The number of benzene rings is 1. The van der Waals surface area contributed by atoms with Gasteiger partial charge in [0.15, 0.2) is 0 Å². The van der Waals surface area contributed by atoms with Crippen LogP contribution in [0, 0.1) is 26.7 Å². The number of Topliss-reactive ketones (excluding diaryl/α,β-unsaturated/α-hetero) is 1. The molecule has 0 amide bonds. The first-order valence-corrected chi connectivity index (χ1v) is 8.57. The largest absolute Gasteiger partial charge is 0.390 e. The van der Waals surface area contributed by atoms with Gasteiger partial charge in [-0.2, -0.15) is 0 Å². The quantitative estimate of drug-likeness (QED) is 0.934. The molecule has 1 N–H and O–H groups in total. The summed E-state index contributed by atoms with van der Waals surface area (Å²) in [6.07, 6.45) is 1.03. The summed E-state index contributed by atoms with van der Waals surface area (Å²) in [5.41, 5.74) is 2.06. The molecular weight excluding hydrogens is 284 g/mol. The van der Waals surface area contributed by atoms with E-state index < -0.39 is 21.7 Å². The van der Waals surface area contributed by atoms with Crippen molar-refractivity contribution in [2.24, 2.45) is 5.92 Å². The Bertz CT molecular complexity index is 576. The molecule has 0 radical (unpaired) electrons. The minimum atomic E-state index is -1.41. The second-order valence-electron chi connectivity index (χ2n) is 6.71. The van der Waals surface area contributed by atoms with Crippen molar-refractivity contribution in [3.05, 3.63) is 28.8 Å². The fourth-order valence-electron chi connectivity index (χ4n) is 3.42. The monoisotopic (exact) mass is 308 g/mol. The van der Waals surface area contributed by atoms with Crippen molar-refractivity contribution in [3.8, 4) is 0 Å². The molecule has 0 spiro atoms. The van der Waals surface area contributed by atoms with Crippen molar-refractivity contribution >= 4 is 16.6 Å². The second-order valence-corrected chi connectivity index (χ2v) is 8.22. The summed E-state index contributed by atoms with van der Waals surface area (Å²) in [4.78, 5) is 13.0. The third-order valence-corrected chi connectivity index (χ3v) is 6.43. The molecular formula is C17H24O3S. The van der Waals surface area contributed by atoms with E-state index in [1.54, 1.807) is 13.8 Å². The van der Waals surface area contributed by atoms with E-state index in [-0.39, 0.29) is 11.7 Å². The Morgan fingerprint density at radius 2 is 1.71 bits per heavy atom. The lowest BCUT2D eigenvalue weighted by Crippen LogP contribution is -2.40. The average Bonchev–Trinajstić information content (AvgIpc) is 2.69. The van der Waals surface area contributed by atoms with Crippen LogP contribution in [0.15, 0.2) is 17.0 Å². The van der Waals surface area contributed by atoms with E-state index in [1.807, 2.05) is 32.9 Å². The maximum absolute atomic E-state index is 13.0. The number of aryl methyl sites for hydroxylation is 3. The van der Waals surface area contributed by atoms with E-state index in [9.17, 15) is 14.1 Å². The van der Waals surface area contributed by atoms with Crippen molar-refractivity contribution < 1.29 is 14.1 Å². The minimum Gasteiger partial charge on any atom is -0.390 e. The Balaban J connectivity index is 2.46. The van der Waals surface area contributed by atoms with Gasteiger partial charge in [-0.3, -0.25) is 9.00 Å². The summed E-state index contributed by atoms with van der Waals surface area (Å²) in [5.74, 6) is -0.231. The van der Waals surface area contributed by atoms with Crippen LogP contribution in [0.5, 0.6) is 0 Å². The summed E-state index contributed by atoms with van der Waals surface area (Å²) in [6, 6.07) is 4.00. The number of ketones is 1. The van der Waals surface area contributed by atoms with Crippen molar-refractivity contribution in [3.63, 3.8) is 0 Å². The number of carbonyl (C=O) groups is 1. The molecule has 1 aliphatic rings. The Hall–Kier alpha value is -1.00. The van der Waals surface area contributed by atoms with Gasteiger partial charge in [0.2, 0.25) is 0 Å². The van der Waals surface area contributed by atoms with E-state index in [1.165, 1.54) is 0 Å². The van der Waals surface area contributed by atoms with Crippen LogP contribution in [-0.2, 0) is 15.6 Å². The van der Waals surface area contributed by atoms with Gasteiger partial charge in [-0.1, -0.05) is 17.7 Å². The maximum atomic E-state index is 13.0. The van der Waals surface area contributed by atoms with E-state index in [4.69, 9.17) is 0 Å². The number of rotatable bonds is 3. The van der Waals surface area contributed by atoms with Crippen LogP contribution in [0.4, 0.5) is 0 Å². The molecule has 3 atom stereocenters. The lowest BCUT2D eigenvalue weighted by molar-refractivity contribution is -0.117. The first-order valence-electron chi connectivity index (χ1n) is 7.36. The molecule has 0 heterocycles. The zero-order chi connectivity index (χ0) is 15.9. The van der Waals surface area contributed by atoms with Crippen LogP contribution in [0.3, 0.4) is 0 Å². The fourth-order valence-corrected chi connectivity index (χ4v) is 5.55. The Labute approximate surface area is 129 Å². The average molecular weight is 308 g/mol. The molecule has 1 aromatic carbocycles. The summed E-state index contributed by atoms with van der Waals surface area (Å²) >= 11 is 0. The van der Waals surface area contributed by atoms with Crippen molar-refractivity contribution in [1.82, 2.24) is 0 Å². The predicted molar refractivity (Wildman–Crippen MR) is 84.9 cm³/mol. The molecule has 2 unspecified atom stereocenters. The standard InChI is InChI=1S/C17H24O3S/c1-10-8-11(2)15(12(3)9-10)21(20)16-13(17(4,5)19)6-7-14(16)18/h8-9,13,16,19H,6-7H2,1-5H3/t13-,16?,21?/m1/s1. The van der Waals surface area contributed by atoms with Crippen LogP contribution in [0.25, 0.3) is 0 Å². The highest BCUT2D eigenvalue weighted by Crippen LogP contribution is 2.38. The minimum absolute atomic E-state index is 0.0137. The van der Waals surface area contributed by atoms with Gasteiger partial charge >= 0.3 is 0 Å². The first kappa shape index (κ1) is 16.4. The highest BCUT2D eigenvalue weighted by Gasteiger charge is 2.46. The van der Waals surface area contributed by atoms with E-state index >= 15 is 0 Å². The van der Waals surface area contributed by atoms with Crippen molar-refractivity contribution in [2.45, 2.75) is 63.2 Å². The van der Waals surface area contributed by atoms with Crippen molar-refractivity contribution in [2.75, 3.05) is 0 Å². The smallest absolute Gasteiger partial charge is 0.149 e. The molecule has 1 aliphatic carbocycles. The number of aliphatic hydroxyl groups is 1. The molecule has 3 nitrogen and oxygen atoms in total. The maximum Gasteiger partial charge on any atom is 0.149 e. The first-order chi connectivity index (χ1) is 9.62. The molecule has 21 heavy (non-hydrogen) atoms. The summed E-state index contributed by atoms with van der Waals surface area (Å²) in [5, 5.41) is 9.70. The third-order valence-electron chi connectivity index (χ3n) is 4.33. The van der Waals surface area contributed by atoms with E-state index in [2.05, 4.69) is 0 Å². The summed E-state index contributed by atoms with van der Waals surface area (Å²) < 4.78 is 13.0. The zero-order valence-corrected chi connectivity index (χ0v) is 14.2. The van der Waals surface area contributed by atoms with Gasteiger partial charge in [-0.15, -0.1) is 0 Å². The highest BCUT2D eigenvalue weighted by molar-refractivity contribution is 7.86. The second kappa shape index (κ2) is 5.65.